The van der Waals surface area contributed by atoms with Crippen molar-refractivity contribution in [2.75, 3.05) is 7.11 Å². The van der Waals surface area contributed by atoms with Crippen LogP contribution >= 0.6 is 0 Å². The van der Waals surface area contributed by atoms with Gasteiger partial charge in [0.2, 0.25) is 5.91 Å². The topological polar surface area (TPSA) is 97.6 Å². The molecule has 1 aromatic heterocycles. The number of nitrogens with one attached hydrogen (secondary N) is 2. The number of furan rings is 1. The first-order valence-electron chi connectivity index (χ1n) is 7.17. The molecule has 1 heterocycles. The van der Waals surface area contributed by atoms with Gasteiger partial charge in [-0.05, 0) is 18.6 Å². The first-order valence-corrected chi connectivity index (χ1v) is 7.17. The summed E-state index contributed by atoms with van der Waals surface area (Å²) in [6.45, 7) is 3.59. The maximum absolute atomic E-state index is 12.1. The number of rotatable bonds is 8. The van der Waals surface area contributed by atoms with E-state index in [0.29, 0.717) is 12.2 Å². The van der Waals surface area contributed by atoms with Gasteiger partial charge in [0.15, 0.2) is 5.76 Å². The molecule has 22 heavy (non-hydrogen) atoms. The third kappa shape index (κ3) is 5.99. The van der Waals surface area contributed by atoms with Crippen molar-refractivity contribution < 1.29 is 23.5 Å². The zero-order valence-electron chi connectivity index (χ0n) is 13.1. The quantitative estimate of drug-likeness (QED) is 0.707. The normalized spacial score (nSPS) is 11.6. The van der Waals surface area contributed by atoms with Crippen LogP contribution in [0.5, 0.6) is 0 Å². The molecule has 0 saturated carbocycles. The Bertz CT molecular complexity index is 524. The molecule has 0 radical (unpaired) electrons. The van der Waals surface area contributed by atoms with Gasteiger partial charge in [0.25, 0.3) is 5.91 Å². The number of carbonyl (C=O) groups excluding carboxylic acids is 3. The van der Waals surface area contributed by atoms with Crippen LogP contribution in [0.4, 0.5) is 0 Å². The number of esters is 1. The molecule has 7 heteroatoms. The minimum atomic E-state index is -0.392. The number of amides is 2. The molecule has 2 amide bonds. The van der Waals surface area contributed by atoms with E-state index in [9.17, 15) is 14.4 Å². The van der Waals surface area contributed by atoms with Crippen molar-refractivity contribution >= 4 is 17.8 Å². The molecule has 0 fully saturated rings. The third-order valence-electron chi connectivity index (χ3n) is 3.01. The van der Waals surface area contributed by atoms with Crippen LogP contribution in [0, 0.1) is 0 Å². The van der Waals surface area contributed by atoms with E-state index in [-0.39, 0.29) is 36.6 Å². The molecule has 0 aliphatic rings. The fourth-order valence-electron chi connectivity index (χ4n) is 1.92. The zero-order valence-corrected chi connectivity index (χ0v) is 13.1. The van der Waals surface area contributed by atoms with Crippen molar-refractivity contribution in [3.05, 3.63) is 23.7 Å². The van der Waals surface area contributed by atoms with Gasteiger partial charge in [0.1, 0.15) is 5.76 Å². The number of carbonyl (C=O) groups is 3. The highest BCUT2D eigenvalue weighted by Crippen LogP contribution is 2.10. The summed E-state index contributed by atoms with van der Waals surface area (Å²) in [4.78, 5) is 34.3. The molecular formula is C15H22N2O5. The van der Waals surface area contributed by atoms with E-state index in [4.69, 9.17) is 4.42 Å². The number of methoxy groups -OCH3 is 1. The minimum absolute atomic E-state index is 0.121. The Hall–Kier alpha value is -2.31. The van der Waals surface area contributed by atoms with E-state index in [1.165, 1.54) is 20.1 Å². The van der Waals surface area contributed by atoms with E-state index >= 15 is 0 Å². The van der Waals surface area contributed by atoms with Crippen LogP contribution in [-0.2, 0) is 20.9 Å². The van der Waals surface area contributed by atoms with Gasteiger partial charge < -0.3 is 19.8 Å². The van der Waals surface area contributed by atoms with Gasteiger partial charge >= 0.3 is 5.97 Å². The molecule has 0 aromatic carbocycles. The average Bonchev–Trinajstić information content (AvgIpc) is 2.94. The second-order valence-electron chi connectivity index (χ2n) is 4.92. The predicted molar refractivity (Wildman–Crippen MR) is 79.0 cm³/mol. The van der Waals surface area contributed by atoms with Gasteiger partial charge in [-0.1, -0.05) is 13.3 Å². The Morgan fingerprint density at radius 2 is 2.05 bits per heavy atom. The Balaban J connectivity index is 2.61. The minimum Gasteiger partial charge on any atom is -0.469 e. The van der Waals surface area contributed by atoms with Crippen molar-refractivity contribution in [1.29, 1.82) is 0 Å². The van der Waals surface area contributed by atoms with Crippen molar-refractivity contribution in [3.63, 3.8) is 0 Å². The molecule has 0 aliphatic heterocycles. The van der Waals surface area contributed by atoms with Crippen molar-refractivity contribution in [3.8, 4) is 0 Å². The molecule has 0 spiro atoms. The van der Waals surface area contributed by atoms with Crippen LogP contribution in [-0.4, -0.2) is 30.9 Å². The molecule has 0 bridgehead atoms. The van der Waals surface area contributed by atoms with Gasteiger partial charge in [-0.15, -0.1) is 0 Å². The predicted octanol–water partition coefficient (Wildman–Crippen LogP) is 1.38. The summed E-state index contributed by atoms with van der Waals surface area (Å²) in [5.41, 5.74) is 0. The highest BCUT2D eigenvalue weighted by molar-refractivity contribution is 5.92. The summed E-state index contributed by atoms with van der Waals surface area (Å²) >= 11 is 0. The van der Waals surface area contributed by atoms with Crippen molar-refractivity contribution in [1.82, 2.24) is 10.6 Å². The highest BCUT2D eigenvalue weighted by Gasteiger charge is 2.19. The summed E-state index contributed by atoms with van der Waals surface area (Å²) in [7, 11) is 1.31. The zero-order chi connectivity index (χ0) is 16.5. The molecule has 122 valence electrons. The first kappa shape index (κ1) is 17.7. The SMILES string of the molecule is CCCC(CC(=O)OC)NC(=O)c1ccc(CNC(C)=O)o1. The monoisotopic (exact) mass is 310 g/mol. The molecule has 0 saturated heterocycles. The molecule has 0 aliphatic carbocycles. The standard InChI is InChI=1S/C15H22N2O5/c1-4-5-11(8-14(19)21-3)17-15(20)13-7-6-12(22-13)9-16-10(2)18/h6-7,11H,4-5,8-9H2,1-3H3,(H,16,18)(H,17,20). The van der Waals surface area contributed by atoms with Gasteiger partial charge in [0.05, 0.1) is 20.1 Å². The second kappa shape index (κ2) is 8.86. The van der Waals surface area contributed by atoms with Gasteiger partial charge in [-0.2, -0.15) is 0 Å². The summed E-state index contributed by atoms with van der Waals surface area (Å²) in [5, 5.41) is 5.34. The van der Waals surface area contributed by atoms with E-state index < -0.39 is 5.91 Å². The number of hydrogen-bond donors (Lipinski definition) is 2. The molecule has 1 aromatic rings. The summed E-state index contributed by atoms with van der Waals surface area (Å²) in [5.74, 6) is -0.309. The van der Waals surface area contributed by atoms with E-state index in [0.717, 1.165) is 6.42 Å². The maximum Gasteiger partial charge on any atom is 0.307 e. The van der Waals surface area contributed by atoms with Crippen LogP contribution in [0.25, 0.3) is 0 Å². The Labute approximate surface area is 129 Å². The molecular weight excluding hydrogens is 288 g/mol. The van der Waals surface area contributed by atoms with Crippen LogP contribution in [0.3, 0.4) is 0 Å². The average molecular weight is 310 g/mol. The van der Waals surface area contributed by atoms with Crippen molar-refractivity contribution in [2.24, 2.45) is 0 Å². The van der Waals surface area contributed by atoms with E-state index in [2.05, 4.69) is 15.4 Å². The van der Waals surface area contributed by atoms with Crippen LogP contribution < -0.4 is 10.6 Å². The third-order valence-corrected chi connectivity index (χ3v) is 3.01. The van der Waals surface area contributed by atoms with Crippen molar-refractivity contribution in [2.45, 2.75) is 45.7 Å². The van der Waals surface area contributed by atoms with Crippen LogP contribution in [0.2, 0.25) is 0 Å². The lowest BCUT2D eigenvalue weighted by Gasteiger charge is -2.16. The van der Waals surface area contributed by atoms with Gasteiger partial charge in [-0.3, -0.25) is 14.4 Å². The molecule has 1 rings (SSSR count). The first-order chi connectivity index (χ1) is 10.5. The van der Waals surface area contributed by atoms with Gasteiger partial charge in [0, 0.05) is 13.0 Å². The molecule has 1 unspecified atom stereocenters. The Morgan fingerprint density at radius 1 is 1.32 bits per heavy atom. The van der Waals surface area contributed by atoms with Crippen LogP contribution in [0.15, 0.2) is 16.5 Å². The second-order valence-corrected chi connectivity index (χ2v) is 4.92. The fraction of sp³-hybridized carbons (Fsp3) is 0.533. The summed E-state index contributed by atoms with van der Waals surface area (Å²) in [6, 6.07) is 2.86. The summed E-state index contributed by atoms with van der Waals surface area (Å²) in [6.07, 6.45) is 1.61. The lowest BCUT2D eigenvalue weighted by molar-refractivity contribution is -0.141. The highest BCUT2D eigenvalue weighted by atomic mass is 16.5. The van der Waals surface area contributed by atoms with Gasteiger partial charge in [-0.25, -0.2) is 0 Å². The lowest BCUT2D eigenvalue weighted by atomic mass is 10.1. The Kier molecular flexibility index (Phi) is 7.15. The summed E-state index contributed by atoms with van der Waals surface area (Å²) < 4.78 is 9.98. The molecule has 1 atom stereocenters. The maximum atomic E-state index is 12.1. The fourth-order valence-corrected chi connectivity index (χ4v) is 1.92. The Morgan fingerprint density at radius 3 is 2.64 bits per heavy atom. The lowest BCUT2D eigenvalue weighted by Crippen LogP contribution is -2.36. The molecule has 7 nitrogen and oxygen atoms in total. The number of ether oxygens (including phenoxy) is 1. The van der Waals surface area contributed by atoms with Crippen LogP contribution in [0.1, 0.15) is 49.4 Å². The van der Waals surface area contributed by atoms with E-state index in [1.807, 2.05) is 6.92 Å². The smallest absolute Gasteiger partial charge is 0.307 e. The largest absolute Gasteiger partial charge is 0.469 e. The molecule has 2 N–H and O–H groups in total. The van der Waals surface area contributed by atoms with E-state index in [1.54, 1.807) is 6.07 Å². The number of hydrogen-bond acceptors (Lipinski definition) is 5.